The first-order valence-electron chi connectivity index (χ1n) is 6.47. The summed E-state index contributed by atoms with van der Waals surface area (Å²) in [6, 6.07) is 11.7. The molecule has 0 spiro atoms. The zero-order valence-corrected chi connectivity index (χ0v) is 13.3. The van der Waals surface area contributed by atoms with Gasteiger partial charge < -0.3 is 14.6 Å². The molecule has 116 valence electrons. The number of aliphatic carboxylic acids is 1. The summed E-state index contributed by atoms with van der Waals surface area (Å²) >= 11 is 11.8. The Labute approximate surface area is 138 Å². The predicted octanol–water partition coefficient (Wildman–Crippen LogP) is 4.08. The van der Waals surface area contributed by atoms with E-state index in [1.165, 1.54) is 0 Å². The number of methoxy groups -OCH3 is 1. The minimum Gasteiger partial charge on any atom is -0.497 e. The lowest BCUT2D eigenvalue weighted by molar-refractivity contribution is -0.145. The number of halogens is 2. The minimum atomic E-state index is -1.05. The van der Waals surface area contributed by atoms with E-state index in [0.717, 1.165) is 5.56 Å². The van der Waals surface area contributed by atoms with Gasteiger partial charge in [-0.25, -0.2) is 4.79 Å². The van der Waals surface area contributed by atoms with Gasteiger partial charge in [-0.2, -0.15) is 0 Å². The predicted molar refractivity (Wildman–Crippen MR) is 85.2 cm³/mol. The molecule has 0 unspecified atom stereocenters. The molecule has 0 saturated carbocycles. The summed E-state index contributed by atoms with van der Waals surface area (Å²) in [6.07, 6.45) is -0.844. The molecule has 1 N–H and O–H groups in total. The van der Waals surface area contributed by atoms with Crippen LogP contribution in [0.25, 0.3) is 0 Å². The molecule has 4 nitrogen and oxygen atoms in total. The smallest absolute Gasteiger partial charge is 0.345 e. The van der Waals surface area contributed by atoms with Gasteiger partial charge in [0.2, 0.25) is 0 Å². The van der Waals surface area contributed by atoms with Crippen LogP contribution >= 0.6 is 23.2 Å². The minimum absolute atomic E-state index is 0.179. The highest BCUT2D eigenvalue weighted by Crippen LogP contribution is 2.24. The first kappa shape index (κ1) is 16.5. The Bertz CT molecular complexity index is 656. The second kappa shape index (κ2) is 7.38. The SMILES string of the molecule is COc1ccc(O[C@H](Cc2ccc(Cl)c(Cl)c2)C(=O)O)cc1. The molecule has 0 aliphatic rings. The topological polar surface area (TPSA) is 55.8 Å². The molecule has 0 aliphatic carbocycles. The molecule has 0 radical (unpaired) electrons. The Balaban J connectivity index is 2.12. The van der Waals surface area contributed by atoms with Crippen molar-refractivity contribution in [2.75, 3.05) is 7.11 Å². The molecule has 2 rings (SSSR count). The van der Waals surface area contributed by atoms with Crippen molar-refractivity contribution in [2.45, 2.75) is 12.5 Å². The zero-order valence-electron chi connectivity index (χ0n) is 11.8. The zero-order chi connectivity index (χ0) is 16.1. The lowest BCUT2D eigenvalue weighted by atomic mass is 10.1. The monoisotopic (exact) mass is 340 g/mol. The van der Waals surface area contributed by atoms with Gasteiger partial charge in [0.15, 0.2) is 6.10 Å². The lowest BCUT2D eigenvalue weighted by Crippen LogP contribution is -2.29. The summed E-state index contributed by atoms with van der Waals surface area (Å²) in [5, 5.41) is 10.1. The van der Waals surface area contributed by atoms with E-state index in [1.807, 2.05) is 0 Å². The number of hydrogen-bond donors (Lipinski definition) is 1. The van der Waals surface area contributed by atoms with Crippen molar-refractivity contribution >= 4 is 29.2 Å². The highest BCUT2D eigenvalue weighted by Gasteiger charge is 2.20. The largest absolute Gasteiger partial charge is 0.497 e. The van der Waals surface area contributed by atoms with Gasteiger partial charge in [0.1, 0.15) is 11.5 Å². The summed E-state index contributed by atoms with van der Waals surface area (Å²) in [4.78, 5) is 11.4. The molecule has 2 aromatic carbocycles. The van der Waals surface area contributed by atoms with Gasteiger partial charge in [0.25, 0.3) is 0 Å². The van der Waals surface area contributed by atoms with Crippen molar-refractivity contribution in [3.8, 4) is 11.5 Å². The summed E-state index contributed by atoms with van der Waals surface area (Å²) in [7, 11) is 1.56. The van der Waals surface area contributed by atoms with Crippen molar-refractivity contribution < 1.29 is 19.4 Å². The third kappa shape index (κ3) is 4.29. The summed E-state index contributed by atoms with van der Waals surface area (Å²) in [5.41, 5.74) is 0.732. The van der Waals surface area contributed by atoms with Gasteiger partial charge in [-0.3, -0.25) is 0 Å². The molecule has 0 aromatic heterocycles. The summed E-state index contributed by atoms with van der Waals surface area (Å²) < 4.78 is 10.6. The molecule has 0 bridgehead atoms. The number of carbonyl (C=O) groups is 1. The Hall–Kier alpha value is -1.91. The molecule has 0 heterocycles. The van der Waals surface area contributed by atoms with E-state index in [0.29, 0.717) is 21.5 Å². The van der Waals surface area contributed by atoms with Crippen molar-refractivity contribution in [2.24, 2.45) is 0 Å². The quantitative estimate of drug-likeness (QED) is 0.860. The molecule has 6 heteroatoms. The molecule has 2 aromatic rings. The fourth-order valence-electron chi connectivity index (χ4n) is 1.88. The maximum Gasteiger partial charge on any atom is 0.345 e. The third-order valence-corrected chi connectivity index (χ3v) is 3.76. The van der Waals surface area contributed by atoms with Gasteiger partial charge in [0.05, 0.1) is 17.2 Å². The van der Waals surface area contributed by atoms with Crippen LogP contribution in [0, 0.1) is 0 Å². The van der Waals surface area contributed by atoms with Crippen LogP contribution in [0.1, 0.15) is 5.56 Å². The third-order valence-electron chi connectivity index (χ3n) is 3.02. The number of benzene rings is 2. The molecule has 0 aliphatic heterocycles. The number of ether oxygens (including phenoxy) is 2. The van der Waals surface area contributed by atoms with Crippen molar-refractivity contribution in [1.29, 1.82) is 0 Å². The molecule has 1 atom stereocenters. The fraction of sp³-hybridized carbons (Fsp3) is 0.188. The maximum absolute atomic E-state index is 11.4. The van der Waals surface area contributed by atoms with E-state index in [-0.39, 0.29) is 6.42 Å². The molecular weight excluding hydrogens is 327 g/mol. The first-order valence-corrected chi connectivity index (χ1v) is 7.22. The second-order valence-corrected chi connectivity index (χ2v) is 5.39. The Morgan fingerprint density at radius 3 is 2.27 bits per heavy atom. The first-order chi connectivity index (χ1) is 10.5. The number of carboxylic acid groups (broad SMARTS) is 1. The van der Waals surface area contributed by atoms with Crippen molar-refractivity contribution in [3.05, 3.63) is 58.1 Å². The molecule has 0 amide bonds. The summed E-state index contributed by atoms with van der Waals surface area (Å²) in [5.74, 6) is 0.0684. The van der Waals surface area contributed by atoms with Crippen LogP contribution in [0.4, 0.5) is 0 Å². The van der Waals surface area contributed by atoms with Gasteiger partial charge >= 0.3 is 5.97 Å². The van der Waals surface area contributed by atoms with Crippen molar-refractivity contribution in [1.82, 2.24) is 0 Å². The average molecular weight is 341 g/mol. The van der Waals surface area contributed by atoms with E-state index in [4.69, 9.17) is 32.7 Å². The number of hydrogen-bond acceptors (Lipinski definition) is 3. The normalized spacial score (nSPS) is 11.8. The van der Waals surface area contributed by atoms with Crippen molar-refractivity contribution in [3.63, 3.8) is 0 Å². The van der Waals surface area contributed by atoms with Crippen LogP contribution in [0.5, 0.6) is 11.5 Å². The Morgan fingerprint density at radius 2 is 1.73 bits per heavy atom. The summed E-state index contributed by atoms with van der Waals surface area (Å²) in [6.45, 7) is 0. The molecular formula is C16H14Cl2O4. The fourth-order valence-corrected chi connectivity index (χ4v) is 2.20. The number of carboxylic acids is 1. The van der Waals surface area contributed by atoms with Crippen LogP contribution in [-0.4, -0.2) is 24.3 Å². The maximum atomic E-state index is 11.4. The van der Waals surface area contributed by atoms with E-state index >= 15 is 0 Å². The standard InChI is InChI=1S/C16H14Cl2O4/c1-21-11-3-5-12(6-4-11)22-15(16(19)20)9-10-2-7-13(17)14(18)8-10/h2-8,15H,9H2,1H3,(H,19,20)/t15-/m1/s1. The van der Waals surface area contributed by atoms with Gasteiger partial charge in [-0.1, -0.05) is 29.3 Å². The van der Waals surface area contributed by atoms with E-state index in [2.05, 4.69) is 0 Å². The lowest BCUT2D eigenvalue weighted by Gasteiger charge is -2.16. The second-order valence-electron chi connectivity index (χ2n) is 4.57. The van der Waals surface area contributed by atoms with E-state index in [9.17, 15) is 9.90 Å². The molecule has 0 saturated heterocycles. The van der Waals surface area contributed by atoms with Gasteiger partial charge in [-0.05, 0) is 42.0 Å². The Morgan fingerprint density at radius 1 is 1.09 bits per heavy atom. The van der Waals surface area contributed by atoms with E-state index in [1.54, 1.807) is 49.6 Å². The molecule has 22 heavy (non-hydrogen) atoms. The highest BCUT2D eigenvalue weighted by molar-refractivity contribution is 6.42. The Kier molecular flexibility index (Phi) is 5.52. The average Bonchev–Trinajstić information content (AvgIpc) is 2.51. The van der Waals surface area contributed by atoms with Gasteiger partial charge in [-0.15, -0.1) is 0 Å². The van der Waals surface area contributed by atoms with Crippen LogP contribution in [0.2, 0.25) is 10.0 Å². The van der Waals surface area contributed by atoms with Crippen LogP contribution < -0.4 is 9.47 Å². The van der Waals surface area contributed by atoms with Crippen LogP contribution in [-0.2, 0) is 11.2 Å². The highest BCUT2D eigenvalue weighted by atomic mass is 35.5. The van der Waals surface area contributed by atoms with Crippen LogP contribution in [0.15, 0.2) is 42.5 Å². The van der Waals surface area contributed by atoms with E-state index < -0.39 is 12.1 Å². The number of rotatable bonds is 6. The van der Waals surface area contributed by atoms with Gasteiger partial charge in [0, 0.05) is 6.42 Å². The molecule has 0 fully saturated rings. The van der Waals surface area contributed by atoms with Crippen LogP contribution in [0.3, 0.4) is 0 Å².